The molecule has 0 saturated carbocycles. The van der Waals surface area contributed by atoms with Crippen molar-refractivity contribution in [3.05, 3.63) is 15.5 Å². The van der Waals surface area contributed by atoms with E-state index in [9.17, 15) is 0 Å². The molecule has 17 heavy (non-hydrogen) atoms. The van der Waals surface area contributed by atoms with Crippen molar-refractivity contribution < 1.29 is 0 Å². The molecule has 0 aromatic carbocycles. The largest absolute Gasteiger partial charge is 0.358 e. The summed E-state index contributed by atoms with van der Waals surface area (Å²) in [5.74, 6) is 1.04. The van der Waals surface area contributed by atoms with E-state index in [1.54, 1.807) is 0 Å². The van der Waals surface area contributed by atoms with Gasteiger partial charge in [0, 0.05) is 19.2 Å². The molecule has 96 valence electrons. The van der Waals surface area contributed by atoms with Crippen LogP contribution < -0.4 is 4.90 Å². The molecule has 0 aliphatic rings. The number of aromatic amines is 2. The van der Waals surface area contributed by atoms with Crippen molar-refractivity contribution in [2.24, 2.45) is 0 Å². The van der Waals surface area contributed by atoms with E-state index in [0.717, 1.165) is 18.9 Å². The van der Waals surface area contributed by atoms with Crippen molar-refractivity contribution >= 4 is 30.3 Å². The van der Waals surface area contributed by atoms with Crippen LogP contribution in [0.3, 0.4) is 0 Å². The number of unbranched alkanes of at least 4 members (excludes halogenated alkanes) is 2. The lowest BCUT2D eigenvalue weighted by molar-refractivity contribution is 0.670. The molecule has 0 spiro atoms. The van der Waals surface area contributed by atoms with Gasteiger partial charge in [-0.05, 0) is 25.1 Å². The SMILES string of the molecule is CCCCN(CCCC)c1cc(=S)[nH]c(=S)[nH]1. The van der Waals surface area contributed by atoms with Crippen molar-refractivity contribution in [2.75, 3.05) is 18.0 Å². The summed E-state index contributed by atoms with van der Waals surface area (Å²) >= 11 is 10.3. The highest BCUT2D eigenvalue weighted by atomic mass is 32.1. The van der Waals surface area contributed by atoms with Gasteiger partial charge in [0.1, 0.15) is 10.5 Å². The summed E-state index contributed by atoms with van der Waals surface area (Å²) in [5.41, 5.74) is 0. The fourth-order valence-corrected chi connectivity index (χ4v) is 2.17. The first-order chi connectivity index (χ1) is 8.17. The highest BCUT2D eigenvalue weighted by molar-refractivity contribution is 7.72. The van der Waals surface area contributed by atoms with E-state index >= 15 is 0 Å². The number of rotatable bonds is 7. The van der Waals surface area contributed by atoms with Crippen molar-refractivity contribution in [3.63, 3.8) is 0 Å². The molecule has 2 N–H and O–H groups in total. The fraction of sp³-hybridized carbons (Fsp3) is 0.667. The summed E-state index contributed by atoms with van der Waals surface area (Å²) in [6.07, 6.45) is 4.78. The molecule has 3 nitrogen and oxygen atoms in total. The average molecular weight is 271 g/mol. The Kier molecular flexibility index (Phi) is 6.44. The van der Waals surface area contributed by atoms with E-state index in [-0.39, 0.29) is 0 Å². The average Bonchev–Trinajstić information content (AvgIpc) is 2.28. The molecule has 5 heteroatoms. The van der Waals surface area contributed by atoms with Gasteiger partial charge in [-0.1, -0.05) is 38.9 Å². The van der Waals surface area contributed by atoms with Crippen LogP contribution in [0.1, 0.15) is 39.5 Å². The molecular formula is C12H21N3S2. The summed E-state index contributed by atoms with van der Waals surface area (Å²) in [5, 5.41) is 0. The second-order valence-corrected chi connectivity index (χ2v) is 5.02. The predicted molar refractivity (Wildman–Crippen MR) is 78.8 cm³/mol. The summed E-state index contributed by atoms with van der Waals surface area (Å²) in [6, 6.07) is 1.95. The quantitative estimate of drug-likeness (QED) is 0.729. The van der Waals surface area contributed by atoms with Crippen molar-refractivity contribution in [2.45, 2.75) is 39.5 Å². The zero-order valence-electron chi connectivity index (χ0n) is 10.6. The number of aromatic nitrogens is 2. The second-order valence-electron chi connectivity index (χ2n) is 4.17. The molecular weight excluding hydrogens is 250 g/mol. The lowest BCUT2D eigenvalue weighted by Gasteiger charge is -2.24. The predicted octanol–water partition coefficient (Wildman–Crippen LogP) is 4.21. The number of nitrogens with zero attached hydrogens (tertiary/aromatic N) is 1. The van der Waals surface area contributed by atoms with Crippen LogP contribution in [0.2, 0.25) is 0 Å². The zero-order valence-corrected chi connectivity index (χ0v) is 12.2. The lowest BCUT2D eigenvalue weighted by Crippen LogP contribution is -2.26. The Hall–Kier alpha value is -0.680. The number of hydrogen-bond acceptors (Lipinski definition) is 3. The molecule has 0 saturated heterocycles. The van der Waals surface area contributed by atoms with Crippen LogP contribution in [0.5, 0.6) is 0 Å². The third-order valence-electron chi connectivity index (χ3n) is 2.65. The summed E-state index contributed by atoms with van der Waals surface area (Å²) in [7, 11) is 0. The van der Waals surface area contributed by atoms with Crippen LogP contribution in [0.25, 0.3) is 0 Å². The molecule has 0 fully saturated rings. The van der Waals surface area contributed by atoms with E-state index in [2.05, 4.69) is 28.7 Å². The molecule has 0 amide bonds. The fourth-order valence-electron chi connectivity index (χ4n) is 1.68. The van der Waals surface area contributed by atoms with Crippen LogP contribution in [0, 0.1) is 9.41 Å². The number of anilines is 1. The third-order valence-corrected chi connectivity index (χ3v) is 3.07. The van der Waals surface area contributed by atoms with Gasteiger partial charge >= 0.3 is 0 Å². The monoisotopic (exact) mass is 271 g/mol. The minimum atomic E-state index is 0.602. The maximum Gasteiger partial charge on any atom is 0.177 e. The number of nitrogens with one attached hydrogen (secondary N) is 2. The van der Waals surface area contributed by atoms with Crippen molar-refractivity contribution in [3.8, 4) is 0 Å². The highest BCUT2D eigenvalue weighted by Crippen LogP contribution is 2.12. The summed E-state index contributed by atoms with van der Waals surface area (Å²) < 4.78 is 1.30. The normalized spacial score (nSPS) is 10.5. The van der Waals surface area contributed by atoms with Crippen molar-refractivity contribution in [1.82, 2.24) is 9.97 Å². The Morgan fingerprint density at radius 1 is 1.06 bits per heavy atom. The lowest BCUT2D eigenvalue weighted by atomic mass is 10.2. The number of hydrogen-bond donors (Lipinski definition) is 2. The molecule has 0 aliphatic heterocycles. The second kappa shape index (κ2) is 7.61. The van der Waals surface area contributed by atoms with Crippen molar-refractivity contribution in [1.29, 1.82) is 0 Å². The molecule has 1 aromatic rings. The zero-order chi connectivity index (χ0) is 12.7. The van der Waals surface area contributed by atoms with Gasteiger partial charge < -0.3 is 14.9 Å². The highest BCUT2D eigenvalue weighted by Gasteiger charge is 2.05. The van der Waals surface area contributed by atoms with Gasteiger partial charge in [-0.15, -0.1) is 0 Å². The third kappa shape index (κ3) is 5.00. The van der Waals surface area contributed by atoms with Gasteiger partial charge in [-0.3, -0.25) is 0 Å². The standard InChI is InChI=1S/C12H21N3S2/c1-3-5-7-15(8-6-4-2)10-9-11(16)14-12(17)13-10/h9H,3-8H2,1-2H3,(H2,13,14,16,17). The minimum Gasteiger partial charge on any atom is -0.358 e. The van der Waals surface area contributed by atoms with Gasteiger partial charge in [0.2, 0.25) is 0 Å². The topological polar surface area (TPSA) is 34.8 Å². The Balaban J connectivity index is 2.86. The van der Waals surface area contributed by atoms with E-state index in [1.165, 1.54) is 25.7 Å². The van der Waals surface area contributed by atoms with Crippen LogP contribution >= 0.6 is 24.4 Å². The smallest absolute Gasteiger partial charge is 0.177 e. The molecule has 0 aliphatic carbocycles. The Morgan fingerprint density at radius 2 is 1.65 bits per heavy atom. The summed E-state index contributed by atoms with van der Waals surface area (Å²) in [6.45, 7) is 6.52. The maximum absolute atomic E-state index is 5.16. The van der Waals surface area contributed by atoms with Gasteiger partial charge in [0.25, 0.3) is 0 Å². The first-order valence-electron chi connectivity index (χ1n) is 6.26. The van der Waals surface area contributed by atoms with Crippen LogP contribution in [0.15, 0.2) is 6.07 Å². The molecule has 1 rings (SSSR count). The molecule has 0 unspecified atom stereocenters. The number of H-pyrrole nitrogens is 2. The Bertz CT molecular complexity index is 400. The van der Waals surface area contributed by atoms with Gasteiger partial charge in [-0.25, -0.2) is 0 Å². The van der Waals surface area contributed by atoms with Crippen LogP contribution in [-0.2, 0) is 0 Å². The molecule has 0 atom stereocenters. The molecule has 0 bridgehead atoms. The van der Waals surface area contributed by atoms with E-state index in [4.69, 9.17) is 24.4 Å². The first kappa shape index (κ1) is 14.4. The minimum absolute atomic E-state index is 0.602. The van der Waals surface area contributed by atoms with E-state index in [0.29, 0.717) is 9.41 Å². The van der Waals surface area contributed by atoms with Gasteiger partial charge in [0.05, 0.1) is 0 Å². The molecule has 0 radical (unpaired) electrons. The Labute approximate surface area is 113 Å². The summed E-state index contributed by atoms with van der Waals surface area (Å²) in [4.78, 5) is 8.45. The van der Waals surface area contributed by atoms with E-state index in [1.807, 2.05) is 6.07 Å². The van der Waals surface area contributed by atoms with E-state index < -0.39 is 0 Å². The molecule has 1 aromatic heterocycles. The van der Waals surface area contributed by atoms with Crippen LogP contribution in [-0.4, -0.2) is 23.1 Å². The van der Waals surface area contributed by atoms with Gasteiger partial charge in [0.15, 0.2) is 4.77 Å². The van der Waals surface area contributed by atoms with Gasteiger partial charge in [-0.2, -0.15) is 0 Å². The first-order valence-corrected chi connectivity index (χ1v) is 7.07. The Morgan fingerprint density at radius 3 is 2.12 bits per heavy atom. The van der Waals surface area contributed by atoms with Crippen LogP contribution in [0.4, 0.5) is 5.82 Å². The maximum atomic E-state index is 5.16. The molecule has 1 heterocycles.